The molecule has 1 atom stereocenters. The predicted molar refractivity (Wildman–Crippen MR) is 86.2 cm³/mol. The molecule has 1 N–H and O–H groups in total. The zero-order valence-corrected chi connectivity index (χ0v) is 14.1. The molecule has 0 bridgehead atoms. The number of carbonyl (C=O) groups excluding carboxylic acids is 1. The van der Waals surface area contributed by atoms with Crippen molar-refractivity contribution < 1.29 is 4.79 Å². The second-order valence-electron chi connectivity index (χ2n) is 7.40. The van der Waals surface area contributed by atoms with Crippen LogP contribution in [0, 0.1) is 29.1 Å². The summed E-state index contributed by atoms with van der Waals surface area (Å²) in [6, 6.07) is 0. The first-order valence-corrected chi connectivity index (χ1v) is 8.02. The number of hydrogen-bond acceptors (Lipinski definition) is 2. The van der Waals surface area contributed by atoms with Crippen LogP contribution in [0.4, 0.5) is 0 Å². The van der Waals surface area contributed by atoms with E-state index in [1.165, 1.54) is 0 Å². The van der Waals surface area contributed by atoms with Gasteiger partial charge in [-0.1, -0.05) is 47.5 Å². The fraction of sp³-hybridized carbons (Fsp3) is 0.812. The molecule has 110 valence electrons. The molecule has 0 heterocycles. The van der Waals surface area contributed by atoms with Gasteiger partial charge in [-0.2, -0.15) is 11.8 Å². The first-order valence-electron chi connectivity index (χ1n) is 6.87. The minimum Gasteiger partial charge on any atom is -0.355 e. The number of nitrogens with one attached hydrogen (secondary N) is 1. The highest BCUT2D eigenvalue weighted by molar-refractivity contribution is 7.99. The molecule has 1 amide bonds. The Bertz CT molecular complexity index is 317. The molecule has 0 radical (unpaired) electrons. The van der Waals surface area contributed by atoms with Crippen molar-refractivity contribution in [3.8, 4) is 12.3 Å². The summed E-state index contributed by atoms with van der Waals surface area (Å²) in [6.07, 6.45) is 6.22. The lowest BCUT2D eigenvalue weighted by Crippen LogP contribution is -2.36. The standard InChI is InChI=1S/C16H29NOS/c1-8-13(9-10-19-12-16(5,6)7)14(18)17-11-15(2,3)4/h1,13H,9-12H2,2-7H3,(H,17,18). The molecular formula is C16H29NOS. The monoisotopic (exact) mass is 283 g/mol. The highest BCUT2D eigenvalue weighted by atomic mass is 32.2. The van der Waals surface area contributed by atoms with Gasteiger partial charge in [0.1, 0.15) is 0 Å². The number of rotatable bonds is 6. The van der Waals surface area contributed by atoms with E-state index in [9.17, 15) is 4.79 Å². The van der Waals surface area contributed by atoms with E-state index in [1.807, 2.05) is 11.8 Å². The molecule has 3 heteroatoms. The van der Waals surface area contributed by atoms with E-state index in [2.05, 4.69) is 52.8 Å². The normalized spacial score (nSPS) is 13.7. The summed E-state index contributed by atoms with van der Waals surface area (Å²) in [5, 5.41) is 2.94. The van der Waals surface area contributed by atoms with Crippen LogP contribution in [-0.2, 0) is 4.79 Å². The Kier molecular flexibility index (Phi) is 7.59. The van der Waals surface area contributed by atoms with E-state index < -0.39 is 0 Å². The zero-order valence-electron chi connectivity index (χ0n) is 13.3. The molecule has 1 unspecified atom stereocenters. The molecule has 2 nitrogen and oxygen atoms in total. The first-order chi connectivity index (χ1) is 8.55. The van der Waals surface area contributed by atoms with Crippen molar-refractivity contribution in [1.29, 1.82) is 0 Å². The summed E-state index contributed by atoms with van der Waals surface area (Å²) in [6.45, 7) is 13.6. The van der Waals surface area contributed by atoms with Crippen LogP contribution in [0.5, 0.6) is 0 Å². The summed E-state index contributed by atoms with van der Waals surface area (Å²) < 4.78 is 0. The third-order valence-corrected chi connectivity index (χ3v) is 3.99. The number of amides is 1. The maximum atomic E-state index is 11.9. The Morgan fingerprint density at radius 1 is 1.21 bits per heavy atom. The lowest BCUT2D eigenvalue weighted by molar-refractivity contribution is -0.123. The van der Waals surface area contributed by atoms with Gasteiger partial charge in [0, 0.05) is 6.54 Å². The lowest BCUT2D eigenvalue weighted by Gasteiger charge is -2.21. The molecule has 0 fully saturated rings. The third kappa shape index (κ3) is 10.9. The van der Waals surface area contributed by atoms with Crippen LogP contribution in [0.25, 0.3) is 0 Å². The van der Waals surface area contributed by atoms with Gasteiger partial charge in [-0.15, -0.1) is 6.42 Å². The highest BCUT2D eigenvalue weighted by Gasteiger charge is 2.19. The predicted octanol–water partition coefficient (Wildman–Crippen LogP) is 3.57. The largest absolute Gasteiger partial charge is 0.355 e. The highest BCUT2D eigenvalue weighted by Crippen LogP contribution is 2.22. The Balaban J connectivity index is 4.01. The van der Waals surface area contributed by atoms with Crippen molar-refractivity contribution in [2.75, 3.05) is 18.1 Å². The third-order valence-electron chi connectivity index (χ3n) is 2.40. The van der Waals surface area contributed by atoms with Crippen molar-refractivity contribution in [2.24, 2.45) is 16.7 Å². The van der Waals surface area contributed by atoms with Crippen LogP contribution in [-0.4, -0.2) is 24.0 Å². The van der Waals surface area contributed by atoms with E-state index in [4.69, 9.17) is 6.42 Å². The summed E-state index contributed by atoms with van der Waals surface area (Å²) >= 11 is 1.87. The minimum atomic E-state index is -0.296. The summed E-state index contributed by atoms with van der Waals surface area (Å²) in [5.41, 5.74) is 0.417. The van der Waals surface area contributed by atoms with E-state index in [0.717, 1.165) is 17.9 Å². The Labute approximate surface area is 123 Å². The Hall–Kier alpha value is -0.620. The SMILES string of the molecule is C#CC(CCSCC(C)(C)C)C(=O)NCC(C)(C)C. The van der Waals surface area contributed by atoms with Gasteiger partial charge in [-0.3, -0.25) is 4.79 Å². The van der Waals surface area contributed by atoms with Gasteiger partial charge >= 0.3 is 0 Å². The van der Waals surface area contributed by atoms with Crippen molar-refractivity contribution in [3.63, 3.8) is 0 Å². The van der Waals surface area contributed by atoms with Crippen molar-refractivity contribution in [2.45, 2.75) is 48.0 Å². The van der Waals surface area contributed by atoms with Crippen LogP contribution in [0.2, 0.25) is 0 Å². The van der Waals surface area contributed by atoms with E-state index in [0.29, 0.717) is 12.0 Å². The molecule has 0 aliphatic rings. The number of carbonyl (C=O) groups is 1. The molecular weight excluding hydrogens is 254 g/mol. The number of hydrogen-bond donors (Lipinski definition) is 1. The summed E-state index contributed by atoms with van der Waals surface area (Å²) in [5.74, 6) is 4.34. The second kappa shape index (κ2) is 7.85. The van der Waals surface area contributed by atoms with E-state index >= 15 is 0 Å². The summed E-state index contributed by atoms with van der Waals surface area (Å²) in [7, 11) is 0. The molecule has 0 spiro atoms. The second-order valence-corrected chi connectivity index (χ2v) is 8.50. The van der Waals surface area contributed by atoms with Gasteiger partial charge in [-0.05, 0) is 28.8 Å². The van der Waals surface area contributed by atoms with Crippen molar-refractivity contribution in [3.05, 3.63) is 0 Å². The molecule has 0 saturated carbocycles. The topological polar surface area (TPSA) is 29.1 Å². The van der Waals surface area contributed by atoms with Crippen molar-refractivity contribution in [1.82, 2.24) is 5.32 Å². The van der Waals surface area contributed by atoms with Crippen LogP contribution in [0.3, 0.4) is 0 Å². The van der Waals surface area contributed by atoms with E-state index in [1.54, 1.807) is 0 Å². The van der Waals surface area contributed by atoms with Crippen LogP contribution >= 0.6 is 11.8 Å². The molecule has 0 aliphatic heterocycles. The van der Waals surface area contributed by atoms with Crippen molar-refractivity contribution >= 4 is 17.7 Å². The van der Waals surface area contributed by atoms with Crippen LogP contribution in [0.1, 0.15) is 48.0 Å². The smallest absolute Gasteiger partial charge is 0.235 e. The Morgan fingerprint density at radius 2 is 1.79 bits per heavy atom. The van der Waals surface area contributed by atoms with Gasteiger partial charge in [0.25, 0.3) is 0 Å². The summed E-state index contributed by atoms with van der Waals surface area (Å²) in [4.78, 5) is 11.9. The molecule has 0 aromatic carbocycles. The molecule has 0 aliphatic carbocycles. The number of thioether (sulfide) groups is 1. The molecule has 0 aromatic rings. The molecule has 0 aromatic heterocycles. The average molecular weight is 283 g/mol. The lowest BCUT2D eigenvalue weighted by atomic mass is 9.96. The van der Waals surface area contributed by atoms with Gasteiger partial charge in [0.15, 0.2) is 0 Å². The quantitative estimate of drug-likeness (QED) is 0.596. The fourth-order valence-corrected chi connectivity index (χ4v) is 2.50. The maximum Gasteiger partial charge on any atom is 0.235 e. The minimum absolute atomic E-state index is 0.00576. The number of terminal acetylenes is 1. The average Bonchev–Trinajstić information content (AvgIpc) is 2.23. The Morgan fingerprint density at radius 3 is 2.21 bits per heavy atom. The maximum absolute atomic E-state index is 11.9. The van der Waals surface area contributed by atoms with Gasteiger partial charge in [0.05, 0.1) is 5.92 Å². The fourth-order valence-electron chi connectivity index (χ4n) is 1.35. The molecule has 0 saturated heterocycles. The van der Waals surface area contributed by atoms with Crippen LogP contribution < -0.4 is 5.32 Å². The molecule has 0 rings (SSSR count). The molecule has 19 heavy (non-hydrogen) atoms. The van der Waals surface area contributed by atoms with E-state index in [-0.39, 0.29) is 17.2 Å². The van der Waals surface area contributed by atoms with Gasteiger partial charge in [0.2, 0.25) is 5.91 Å². The first kappa shape index (κ1) is 18.4. The van der Waals surface area contributed by atoms with Gasteiger partial charge < -0.3 is 5.32 Å². The van der Waals surface area contributed by atoms with Gasteiger partial charge in [-0.25, -0.2) is 0 Å². The zero-order chi connectivity index (χ0) is 15.1. The van der Waals surface area contributed by atoms with Crippen LogP contribution in [0.15, 0.2) is 0 Å².